The Kier molecular flexibility index (Phi) is 4.97. The van der Waals surface area contributed by atoms with E-state index in [9.17, 15) is 4.79 Å². The fourth-order valence-electron chi connectivity index (χ4n) is 2.83. The van der Waals surface area contributed by atoms with Crippen LogP contribution in [-0.4, -0.2) is 36.1 Å². The van der Waals surface area contributed by atoms with Gasteiger partial charge in [-0.1, -0.05) is 24.3 Å². The van der Waals surface area contributed by atoms with Gasteiger partial charge in [0.05, 0.1) is 0 Å². The molecule has 1 heterocycles. The highest BCUT2D eigenvalue weighted by molar-refractivity contribution is 5.67. The summed E-state index contributed by atoms with van der Waals surface area (Å²) < 4.78 is 0. The fourth-order valence-corrected chi connectivity index (χ4v) is 2.83. The van der Waals surface area contributed by atoms with E-state index in [0.717, 1.165) is 12.1 Å². The molecule has 1 unspecified atom stereocenters. The number of carbonyl (C=O) groups is 1. The summed E-state index contributed by atoms with van der Waals surface area (Å²) >= 11 is 0. The molecule has 0 spiro atoms. The lowest BCUT2D eigenvalue weighted by molar-refractivity contribution is -0.136. The van der Waals surface area contributed by atoms with Crippen LogP contribution >= 0.6 is 0 Å². The van der Waals surface area contributed by atoms with Gasteiger partial charge in [0, 0.05) is 6.42 Å². The number of hydrogen-bond donors (Lipinski definition) is 1. The Morgan fingerprint density at radius 3 is 3.00 bits per heavy atom. The second kappa shape index (κ2) is 6.71. The molecular weight excluding hydrogens is 238 g/mol. The molecule has 0 bridgehead atoms. The minimum atomic E-state index is -0.721. The third-order valence-corrected chi connectivity index (χ3v) is 4.00. The molecule has 1 fully saturated rings. The first-order valence-corrected chi connectivity index (χ1v) is 7.14. The van der Waals surface area contributed by atoms with Crippen molar-refractivity contribution in [2.24, 2.45) is 0 Å². The molecule has 2 rings (SSSR count). The van der Waals surface area contributed by atoms with Gasteiger partial charge in [-0.2, -0.15) is 0 Å². The standard InChI is InChI=1S/C16H23NO2/c1-17-10-3-6-14(9-11-17)15-5-2-4-13(12-15)7-8-16(18)19/h2,4-5,12,14H,3,6-11H2,1H3,(H,18,19). The van der Waals surface area contributed by atoms with E-state index < -0.39 is 5.97 Å². The number of likely N-dealkylation sites (tertiary alicyclic amines) is 1. The predicted molar refractivity (Wildman–Crippen MR) is 76.5 cm³/mol. The fraction of sp³-hybridized carbons (Fsp3) is 0.562. The van der Waals surface area contributed by atoms with Crippen LogP contribution in [0.25, 0.3) is 0 Å². The largest absolute Gasteiger partial charge is 0.481 e. The number of benzene rings is 1. The summed E-state index contributed by atoms with van der Waals surface area (Å²) in [6.07, 6.45) is 4.55. The Morgan fingerprint density at radius 2 is 2.21 bits per heavy atom. The molecule has 1 atom stereocenters. The van der Waals surface area contributed by atoms with Crippen molar-refractivity contribution in [2.75, 3.05) is 20.1 Å². The molecule has 0 amide bonds. The van der Waals surface area contributed by atoms with Gasteiger partial charge >= 0.3 is 5.97 Å². The minimum Gasteiger partial charge on any atom is -0.481 e. The van der Waals surface area contributed by atoms with Gasteiger partial charge < -0.3 is 10.0 Å². The summed E-state index contributed by atoms with van der Waals surface area (Å²) in [5, 5.41) is 8.75. The second-order valence-corrected chi connectivity index (χ2v) is 5.57. The maximum atomic E-state index is 10.6. The van der Waals surface area contributed by atoms with Crippen LogP contribution in [0, 0.1) is 0 Å². The van der Waals surface area contributed by atoms with Crippen molar-refractivity contribution in [3.8, 4) is 0 Å². The Labute approximate surface area is 115 Å². The molecule has 0 aromatic heterocycles. The molecule has 1 aromatic carbocycles. The molecular formula is C16H23NO2. The molecule has 19 heavy (non-hydrogen) atoms. The summed E-state index contributed by atoms with van der Waals surface area (Å²) in [6, 6.07) is 8.51. The highest BCUT2D eigenvalue weighted by Crippen LogP contribution is 2.28. The van der Waals surface area contributed by atoms with Crippen molar-refractivity contribution in [2.45, 2.75) is 38.0 Å². The third kappa shape index (κ3) is 4.35. The zero-order valence-corrected chi connectivity index (χ0v) is 11.6. The summed E-state index contributed by atoms with van der Waals surface area (Å²) in [5.74, 6) is -0.0868. The lowest BCUT2D eigenvalue weighted by Crippen LogP contribution is -2.18. The van der Waals surface area contributed by atoms with Gasteiger partial charge in [0.15, 0.2) is 0 Å². The number of hydrogen-bond acceptors (Lipinski definition) is 2. The molecule has 1 saturated heterocycles. The van der Waals surface area contributed by atoms with Crippen molar-refractivity contribution < 1.29 is 9.90 Å². The first kappa shape index (κ1) is 14.1. The second-order valence-electron chi connectivity index (χ2n) is 5.57. The third-order valence-electron chi connectivity index (χ3n) is 4.00. The molecule has 3 nitrogen and oxygen atoms in total. The number of carboxylic acid groups (broad SMARTS) is 1. The van der Waals surface area contributed by atoms with Crippen LogP contribution < -0.4 is 0 Å². The van der Waals surface area contributed by atoms with Crippen molar-refractivity contribution in [3.63, 3.8) is 0 Å². The molecule has 0 aliphatic carbocycles. The van der Waals surface area contributed by atoms with Crippen LogP contribution in [0.5, 0.6) is 0 Å². The Morgan fingerprint density at radius 1 is 1.37 bits per heavy atom. The van der Waals surface area contributed by atoms with E-state index in [4.69, 9.17) is 5.11 Å². The zero-order valence-electron chi connectivity index (χ0n) is 11.6. The molecule has 1 aliphatic rings. The molecule has 0 saturated carbocycles. The number of aliphatic carboxylic acids is 1. The van der Waals surface area contributed by atoms with Gasteiger partial charge in [0.1, 0.15) is 0 Å². The average Bonchev–Trinajstić information content (AvgIpc) is 2.62. The molecule has 1 aliphatic heterocycles. The van der Waals surface area contributed by atoms with Crippen LogP contribution in [0.2, 0.25) is 0 Å². The quantitative estimate of drug-likeness (QED) is 0.906. The molecule has 104 valence electrons. The SMILES string of the molecule is CN1CCCC(c2cccc(CCC(=O)O)c2)CC1. The number of rotatable bonds is 4. The smallest absolute Gasteiger partial charge is 0.303 e. The van der Waals surface area contributed by atoms with Crippen molar-refractivity contribution >= 4 is 5.97 Å². The van der Waals surface area contributed by atoms with Crippen LogP contribution in [0.15, 0.2) is 24.3 Å². The van der Waals surface area contributed by atoms with Gasteiger partial charge in [0.2, 0.25) is 0 Å². The minimum absolute atomic E-state index is 0.219. The lowest BCUT2D eigenvalue weighted by atomic mass is 9.90. The summed E-state index contributed by atoms with van der Waals surface area (Å²) in [4.78, 5) is 13.0. The zero-order chi connectivity index (χ0) is 13.7. The maximum Gasteiger partial charge on any atom is 0.303 e. The summed E-state index contributed by atoms with van der Waals surface area (Å²) in [6.45, 7) is 2.35. The Bertz CT molecular complexity index is 431. The van der Waals surface area contributed by atoms with E-state index in [2.05, 4.69) is 30.1 Å². The molecule has 1 N–H and O–H groups in total. The highest BCUT2D eigenvalue weighted by Gasteiger charge is 2.16. The van der Waals surface area contributed by atoms with Gasteiger partial charge in [-0.3, -0.25) is 4.79 Å². The molecule has 1 aromatic rings. The Hall–Kier alpha value is -1.35. The van der Waals surface area contributed by atoms with Crippen LogP contribution in [0.3, 0.4) is 0 Å². The van der Waals surface area contributed by atoms with Crippen molar-refractivity contribution in [3.05, 3.63) is 35.4 Å². The average molecular weight is 261 g/mol. The Balaban J connectivity index is 2.02. The highest BCUT2D eigenvalue weighted by atomic mass is 16.4. The van der Waals surface area contributed by atoms with Gasteiger partial charge in [-0.15, -0.1) is 0 Å². The lowest BCUT2D eigenvalue weighted by Gasteiger charge is -2.16. The summed E-state index contributed by atoms with van der Waals surface area (Å²) in [5.41, 5.74) is 2.54. The van der Waals surface area contributed by atoms with E-state index in [-0.39, 0.29) is 6.42 Å². The number of nitrogens with zero attached hydrogens (tertiary/aromatic N) is 1. The van der Waals surface area contributed by atoms with Gasteiger partial charge in [-0.05, 0) is 62.9 Å². The normalized spacial score (nSPS) is 21.0. The first-order chi connectivity index (χ1) is 9.15. The van der Waals surface area contributed by atoms with Crippen molar-refractivity contribution in [1.82, 2.24) is 4.90 Å². The van der Waals surface area contributed by atoms with Crippen LogP contribution in [0.1, 0.15) is 42.7 Å². The summed E-state index contributed by atoms with van der Waals surface area (Å²) in [7, 11) is 2.19. The predicted octanol–water partition coefficient (Wildman–Crippen LogP) is 2.90. The molecule has 0 radical (unpaired) electrons. The van der Waals surface area contributed by atoms with E-state index in [1.54, 1.807) is 0 Å². The van der Waals surface area contributed by atoms with E-state index >= 15 is 0 Å². The van der Waals surface area contributed by atoms with Gasteiger partial charge in [-0.25, -0.2) is 0 Å². The molecule has 3 heteroatoms. The van der Waals surface area contributed by atoms with E-state index in [1.165, 1.54) is 31.4 Å². The van der Waals surface area contributed by atoms with E-state index in [0.29, 0.717) is 12.3 Å². The number of aryl methyl sites for hydroxylation is 1. The topological polar surface area (TPSA) is 40.5 Å². The van der Waals surface area contributed by atoms with Gasteiger partial charge in [0.25, 0.3) is 0 Å². The monoisotopic (exact) mass is 261 g/mol. The van der Waals surface area contributed by atoms with Crippen LogP contribution in [-0.2, 0) is 11.2 Å². The number of carboxylic acids is 1. The van der Waals surface area contributed by atoms with Crippen molar-refractivity contribution in [1.29, 1.82) is 0 Å². The van der Waals surface area contributed by atoms with E-state index in [1.807, 2.05) is 6.07 Å². The van der Waals surface area contributed by atoms with Crippen LogP contribution in [0.4, 0.5) is 0 Å². The first-order valence-electron chi connectivity index (χ1n) is 7.14. The maximum absolute atomic E-state index is 10.6.